The first kappa shape index (κ1) is 20.4. The van der Waals surface area contributed by atoms with E-state index >= 15 is 0 Å². The standard InChI is InChI=1S/C21H28N4O2/c1-7-15(4)23-20(26)21(27)24-22-12-18-11-16(5)25(17(18)6)19-10-13(2)8-9-14(19)3/h8-12,15H,7H2,1-6H3,(H,23,26)(H,24,27)/b22-12-/t15-/m1/s1. The molecule has 1 aromatic carbocycles. The third kappa shape index (κ3) is 4.84. The minimum atomic E-state index is -0.769. The Hall–Kier alpha value is -2.89. The first-order chi connectivity index (χ1) is 12.7. The van der Waals surface area contributed by atoms with E-state index in [9.17, 15) is 9.59 Å². The van der Waals surface area contributed by atoms with Crippen LogP contribution in [0.3, 0.4) is 0 Å². The summed E-state index contributed by atoms with van der Waals surface area (Å²) in [4.78, 5) is 23.5. The van der Waals surface area contributed by atoms with Gasteiger partial charge in [-0.25, -0.2) is 5.43 Å². The van der Waals surface area contributed by atoms with E-state index in [2.05, 4.69) is 52.5 Å². The van der Waals surface area contributed by atoms with Gasteiger partial charge in [0.1, 0.15) is 0 Å². The third-order valence-corrected chi connectivity index (χ3v) is 4.64. The smallest absolute Gasteiger partial charge is 0.329 e. The van der Waals surface area contributed by atoms with Crippen LogP contribution in [-0.2, 0) is 9.59 Å². The van der Waals surface area contributed by atoms with Crippen LogP contribution in [0, 0.1) is 27.7 Å². The Morgan fingerprint density at radius 2 is 1.85 bits per heavy atom. The van der Waals surface area contributed by atoms with Crippen LogP contribution in [0.5, 0.6) is 0 Å². The lowest BCUT2D eigenvalue weighted by Gasteiger charge is -2.13. The van der Waals surface area contributed by atoms with Gasteiger partial charge in [-0.1, -0.05) is 19.1 Å². The molecule has 0 bridgehead atoms. The number of hydrogen-bond donors (Lipinski definition) is 2. The molecule has 144 valence electrons. The molecule has 0 saturated heterocycles. The van der Waals surface area contributed by atoms with Crippen molar-refractivity contribution in [3.63, 3.8) is 0 Å². The monoisotopic (exact) mass is 368 g/mol. The van der Waals surface area contributed by atoms with E-state index in [4.69, 9.17) is 0 Å². The average molecular weight is 368 g/mol. The molecule has 0 saturated carbocycles. The van der Waals surface area contributed by atoms with E-state index in [0.29, 0.717) is 0 Å². The summed E-state index contributed by atoms with van der Waals surface area (Å²) in [6, 6.07) is 8.30. The zero-order valence-corrected chi connectivity index (χ0v) is 16.9. The van der Waals surface area contributed by atoms with Crippen molar-refractivity contribution in [2.45, 2.75) is 54.0 Å². The molecule has 1 heterocycles. The van der Waals surface area contributed by atoms with E-state index in [-0.39, 0.29) is 6.04 Å². The zero-order chi connectivity index (χ0) is 20.1. The van der Waals surface area contributed by atoms with Crippen molar-refractivity contribution in [2.24, 2.45) is 5.10 Å². The fourth-order valence-corrected chi connectivity index (χ4v) is 2.85. The lowest BCUT2D eigenvalue weighted by molar-refractivity contribution is -0.139. The van der Waals surface area contributed by atoms with Gasteiger partial charge in [0.25, 0.3) is 0 Å². The Morgan fingerprint density at radius 3 is 2.52 bits per heavy atom. The molecular formula is C21H28N4O2. The molecule has 0 fully saturated rings. The lowest BCUT2D eigenvalue weighted by atomic mass is 10.1. The number of nitrogens with one attached hydrogen (secondary N) is 2. The molecule has 6 nitrogen and oxygen atoms in total. The molecule has 0 aliphatic rings. The van der Waals surface area contributed by atoms with Crippen LogP contribution in [0.15, 0.2) is 29.4 Å². The van der Waals surface area contributed by atoms with Crippen molar-refractivity contribution in [3.05, 3.63) is 52.3 Å². The summed E-state index contributed by atoms with van der Waals surface area (Å²) in [5.41, 5.74) is 8.76. The summed E-state index contributed by atoms with van der Waals surface area (Å²) >= 11 is 0. The van der Waals surface area contributed by atoms with Gasteiger partial charge >= 0.3 is 11.8 Å². The second kappa shape index (κ2) is 8.66. The maximum Gasteiger partial charge on any atom is 0.329 e. The van der Waals surface area contributed by atoms with Crippen LogP contribution in [0.2, 0.25) is 0 Å². The highest BCUT2D eigenvalue weighted by Crippen LogP contribution is 2.23. The first-order valence-corrected chi connectivity index (χ1v) is 9.15. The number of amides is 2. The predicted octanol–water partition coefficient (Wildman–Crippen LogP) is 3.08. The van der Waals surface area contributed by atoms with Gasteiger partial charge < -0.3 is 9.88 Å². The molecule has 2 amide bonds. The van der Waals surface area contributed by atoms with Crippen molar-refractivity contribution in [3.8, 4) is 5.69 Å². The largest absolute Gasteiger partial charge is 0.345 e. The summed E-state index contributed by atoms with van der Waals surface area (Å²) in [5.74, 6) is -1.45. The topological polar surface area (TPSA) is 75.5 Å². The van der Waals surface area contributed by atoms with Crippen molar-refractivity contribution >= 4 is 18.0 Å². The summed E-state index contributed by atoms with van der Waals surface area (Å²) < 4.78 is 2.17. The highest BCUT2D eigenvalue weighted by molar-refractivity contribution is 6.35. The van der Waals surface area contributed by atoms with E-state index in [0.717, 1.165) is 29.1 Å². The molecule has 1 aromatic heterocycles. The minimum Gasteiger partial charge on any atom is -0.345 e. The second-order valence-electron chi connectivity index (χ2n) is 6.93. The molecule has 1 atom stereocenters. The van der Waals surface area contributed by atoms with Gasteiger partial charge in [0.05, 0.1) is 6.21 Å². The summed E-state index contributed by atoms with van der Waals surface area (Å²) in [5, 5.41) is 6.55. The van der Waals surface area contributed by atoms with Gasteiger partial charge in [0.15, 0.2) is 0 Å². The van der Waals surface area contributed by atoms with Crippen LogP contribution < -0.4 is 10.7 Å². The zero-order valence-electron chi connectivity index (χ0n) is 16.9. The Morgan fingerprint density at radius 1 is 1.15 bits per heavy atom. The number of aromatic nitrogens is 1. The number of aryl methyl sites for hydroxylation is 3. The van der Waals surface area contributed by atoms with Crippen LogP contribution in [0.25, 0.3) is 5.69 Å². The van der Waals surface area contributed by atoms with Crippen molar-refractivity contribution in [2.75, 3.05) is 0 Å². The van der Waals surface area contributed by atoms with E-state index in [1.807, 2.05) is 33.8 Å². The van der Waals surface area contributed by atoms with E-state index in [1.54, 1.807) is 6.21 Å². The Kier molecular flexibility index (Phi) is 6.55. The molecule has 0 aliphatic carbocycles. The molecule has 2 rings (SSSR count). The second-order valence-corrected chi connectivity index (χ2v) is 6.93. The fourth-order valence-electron chi connectivity index (χ4n) is 2.85. The third-order valence-electron chi connectivity index (χ3n) is 4.64. The first-order valence-electron chi connectivity index (χ1n) is 9.15. The highest BCUT2D eigenvalue weighted by atomic mass is 16.2. The van der Waals surface area contributed by atoms with Crippen LogP contribution >= 0.6 is 0 Å². The van der Waals surface area contributed by atoms with Gasteiger partial charge in [-0.2, -0.15) is 5.10 Å². The van der Waals surface area contributed by atoms with Crippen molar-refractivity contribution in [1.29, 1.82) is 0 Å². The molecule has 6 heteroatoms. The van der Waals surface area contributed by atoms with Crippen molar-refractivity contribution in [1.82, 2.24) is 15.3 Å². The fraction of sp³-hybridized carbons (Fsp3) is 0.381. The summed E-state index contributed by atoms with van der Waals surface area (Å²) in [7, 11) is 0. The van der Waals surface area contributed by atoms with E-state index in [1.165, 1.54) is 11.1 Å². The van der Waals surface area contributed by atoms with Crippen molar-refractivity contribution < 1.29 is 9.59 Å². The van der Waals surface area contributed by atoms with Gasteiger partial charge in [-0.3, -0.25) is 9.59 Å². The SMILES string of the molecule is CC[C@@H](C)NC(=O)C(=O)N/N=C\c1cc(C)n(-c2cc(C)ccc2C)c1C. The molecular weight excluding hydrogens is 340 g/mol. The number of hydrogen-bond acceptors (Lipinski definition) is 3. The molecule has 2 N–H and O–H groups in total. The van der Waals surface area contributed by atoms with Gasteiger partial charge in [0, 0.05) is 28.7 Å². The molecule has 0 unspecified atom stereocenters. The van der Waals surface area contributed by atoms with Gasteiger partial charge in [-0.15, -0.1) is 0 Å². The molecule has 0 aliphatic heterocycles. The number of nitrogens with zero attached hydrogens (tertiary/aromatic N) is 2. The summed E-state index contributed by atoms with van der Waals surface area (Å²) in [6.45, 7) is 12.0. The van der Waals surface area contributed by atoms with Crippen LogP contribution in [-0.4, -0.2) is 28.6 Å². The number of carbonyl (C=O) groups is 2. The van der Waals surface area contributed by atoms with E-state index < -0.39 is 11.8 Å². The van der Waals surface area contributed by atoms with Gasteiger partial charge in [-0.05, 0) is 64.3 Å². The number of benzene rings is 1. The summed E-state index contributed by atoms with van der Waals surface area (Å²) in [6.07, 6.45) is 2.32. The quantitative estimate of drug-likeness (QED) is 0.483. The van der Waals surface area contributed by atoms with Gasteiger partial charge in [0.2, 0.25) is 0 Å². The number of rotatable bonds is 5. The lowest BCUT2D eigenvalue weighted by Crippen LogP contribution is -2.41. The number of carbonyl (C=O) groups excluding carboxylic acids is 2. The Balaban J connectivity index is 2.17. The molecule has 0 spiro atoms. The predicted molar refractivity (Wildman–Crippen MR) is 108 cm³/mol. The number of hydrazone groups is 1. The Labute approximate surface area is 160 Å². The van der Waals surface area contributed by atoms with Crippen LogP contribution in [0.1, 0.15) is 48.3 Å². The molecule has 27 heavy (non-hydrogen) atoms. The average Bonchev–Trinajstić information content (AvgIpc) is 2.90. The normalized spacial score (nSPS) is 12.2. The minimum absolute atomic E-state index is 0.0521. The molecule has 2 aromatic rings. The maximum absolute atomic E-state index is 11.8. The highest BCUT2D eigenvalue weighted by Gasteiger charge is 2.15. The maximum atomic E-state index is 11.8. The molecule has 0 radical (unpaired) electrons. The Bertz CT molecular complexity index is 881. The van der Waals surface area contributed by atoms with Crippen LogP contribution in [0.4, 0.5) is 0 Å².